The number of aliphatic carboxylic acids is 1. The first kappa shape index (κ1) is 66.8. The summed E-state index contributed by atoms with van der Waals surface area (Å²) in [5.74, 6) is -9.05. The smallest absolute Gasteiger partial charge is 0.327 e. The summed E-state index contributed by atoms with van der Waals surface area (Å²) in [6.07, 6.45) is 0.206. The topological polar surface area (TPSA) is 378 Å². The quantitative estimate of drug-likeness (QED) is 0.0429. The van der Waals surface area contributed by atoms with Crippen molar-refractivity contribution in [3.8, 4) is 5.75 Å². The Hall–Kier alpha value is -8.75. The van der Waals surface area contributed by atoms with Crippen molar-refractivity contribution in [1.29, 1.82) is 0 Å². The van der Waals surface area contributed by atoms with Gasteiger partial charge in [0.05, 0.1) is 12.1 Å². The van der Waals surface area contributed by atoms with Gasteiger partial charge >= 0.3 is 5.97 Å². The molecule has 16 N–H and O–H groups in total. The van der Waals surface area contributed by atoms with Crippen molar-refractivity contribution < 1.29 is 58.5 Å². The number of hydrogen-bond acceptors (Lipinski definition) is 15. The molecule has 5 aromatic carbocycles. The predicted octanol–water partition coefficient (Wildman–Crippen LogP) is 1.58. The molecule has 0 unspecified atom stereocenters. The van der Waals surface area contributed by atoms with Gasteiger partial charge in [-0.3, -0.25) is 38.4 Å². The normalized spacial score (nSPS) is 22.3. The van der Waals surface area contributed by atoms with Crippen molar-refractivity contribution in [1.82, 2.24) is 47.5 Å². The Balaban J connectivity index is 1.29. The molecule has 466 valence electrons. The van der Waals surface area contributed by atoms with Gasteiger partial charge in [-0.25, -0.2) is 4.79 Å². The van der Waals surface area contributed by atoms with Crippen LogP contribution in [0.5, 0.6) is 5.75 Å². The van der Waals surface area contributed by atoms with Gasteiger partial charge < -0.3 is 74.3 Å². The number of nitrogens with two attached hydrogens (primary N) is 2. The van der Waals surface area contributed by atoms with Crippen LogP contribution in [-0.4, -0.2) is 152 Å². The maximum absolute atomic E-state index is 15.1. The number of carboxylic acids is 1. The summed E-state index contributed by atoms with van der Waals surface area (Å²) < 4.78 is 0. The van der Waals surface area contributed by atoms with E-state index in [4.69, 9.17) is 11.5 Å². The van der Waals surface area contributed by atoms with E-state index in [0.29, 0.717) is 40.7 Å². The van der Waals surface area contributed by atoms with Crippen LogP contribution in [0.25, 0.3) is 10.9 Å². The van der Waals surface area contributed by atoms with Crippen LogP contribution >= 0.6 is 21.6 Å². The number of benzene rings is 5. The lowest BCUT2D eigenvalue weighted by Crippen LogP contribution is -2.62. The lowest BCUT2D eigenvalue weighted by atomic mass is 10.00. The number of H-pyrrole nitrogens is 1. The molecule has 0 aliphatic carbocycles. The molecule has 88 heavy (non-hydrogen) atoms. The van der Waals surface area contributed by atoms with Gasteiger partial charge in [-0.05, 0) is 85.2 Å². The minimum Gasteiger partial charge on any atom is -0.508 e. The summed E-state index contributed by atoms with van der Waals surface area (Å²) >= 11 is 0. The molecule has 23 nitrogen and oxygen atoms in total. The van der Waals surface area contributed by atoms with Gasteiger partial charge in [0.15, 0.2) is 0 Å². The van der Waals surface area contributed by atoms with E-state index in [0.717, 1.165) is 32.5 Å². The minimum absolute atomic E-state index is 0.00777. The number of carboxylic acid groups (broad SMARTS) is 1. The van der Waals surface area contributed by atoms with E-state index in [1.807, 2.05) is 18.2 Å². The van der Waals surface area contributed by atoms with Crippen LogP contribution in [0.15, 0.2) is 146 Å². The lowest BCUT2D eigenvalue weighted by molar-refractivity contribution is -0.141. The largest absolute Gasteiger partial charge is 0.508 e. The number of carbonyl (C=O) groups excluding carboxylic acids is 8. The molecule has 8 amide bonds. The summed E-state index contributed by atoms with van der Waals surface area (Å²) in [5.41, 5.74) is 15.9. The van der Waals surface area contributed by atoms with Crippen molar-refractivity contribution in [2.75, 3.05) is 18.1 Å². The Labute approximate surface area is 516 Å². The van der Waals surface area contributed by atoms with Crippen molar-refractivity contribution >= 4 is 85.7 Å². The summed E-state index contributed by atoms with van der Waals surface area (Å²) in [6.45, 7) is 1.46. The molecule has 0 bridgehead atoms. The number of fused-ring (bicyclic) bond motifs is 1. The zero-order valence-electron chi connectivity index (χ0n) is 48.4. The zero-order chi connectivity index (χ0) is 63.1. The number of phenols is 1. The molecule has 6 aromatic rings. The highest BCUT2D eigenvalue weighted by atomic mass is 33.1. The number of aliphatic hydroxyl groups excluding tert-OH is 1. The number of rotatable bonds is 18. The number of aromatic nitrogens is 1. The Morgan fingerprint density at radius 1 is 0.557 bits per heavy atom. The second-order valence-electron chi connectivity index (χ2n) is 21.5. The van der Waals surface area contributed by atoms with Crippen LogP contribution in [-0.2, 0) is 75.3 Å². The third-order valence-electron chi connectivity index (χ3n) is 14.7. The van der Waals surface area contributed by atoms with E-state index >= 15 is 14.4 Å². The molecular formula is C63H75N11O12S2. The summed E-state index contributed by atoms with van der Waals surface area (Å²) in [6, 6.07) is 26.0. The maximum Gasteiger partial charge on any atom is 0.327 e. The number of para-hydroxylation sites is 1. The molecular weight excluding hydrogens is 1170 g/mol. The fourth-order valence-corrected chi connectivity index (χ4v) is 12.1. The van der Waals surface area contributed by atoms with Gasteiger partial charge in [0.25, 0.3) is 0 Å². The molecule has 1 aliphatic rings. The Morgan fingerprint density at radius 2 is 1.02 bits per heavy atom. The standard InChI is InChI=1S/C63H75N11O12S2/c1-37(75)54-62(84)71-50(32-40-19-9-4-10-20-40)59(81)73-53(63(85)86)36-88-87-35-52(72-55(77)45(65)29-41-24-26-43(76)27-25-41)61(83)69-49(31-39-17-7-3-8-18-39)57(79)68-48(30-38-15-5-2-6-16-38)58(80)70-51(33-42-34-66-46-22-12-11-21-44(42)46)60(82)67-47(56(78)74-54)23-13-14-28-64/h2-12,15-22,24-27,34,37,45,47-54,66,75-76H,13-14,23,28-33,35-36,64-65H2,1H3,(H,67,82)(H,68,79)(H,69,83)(H,70,80)(H,71,84)(H,72,77)(H,73,81)(H,74,78)(H,85,86)/t37-,45+,47+,48+,49+,50+,51+,52+,53+,54+/m1/s1. The number of phenolic OH excluding ortho intramolecular Hbond substituents is 1. The van der Waals surface area contributed by atoms with Crippen LogP contribution in [0.1, 0.15) is 54.0 Å². The van der Waals surface area contributed by atoms with Gasteiger partial charge in [0, 0.05) is 54.3 Å². The molecule has 1 aromatic heterocycles. The molecule has 10 atom stereocenters. The van der Waals surface area contributed by atoms with E-state index in [2.05, 4.69) is 47.5 Å². The fraction of sp³-hybridized carbons (Fsp3) is 0.349. The number of aliphatic hydroxyl groups is 1. The first-order chi connectivity index (χ1) is 42.3. The molecule has 0 saturated carbocycles. The number of aromatic hydroxyl groups is 1. The maximum atomic E-state index is 15.1. The van der Waals surface area contributed by atoms with Crippen molar-refractivity contribution in [3.63, 3.8) is 0 Å². The number of carbonyl (C=O) groups is 9. The number of unbranched alkanes of at least 4 members (excludes halogenated alkanes) is 1. The van der Waals surface area contributed by atoms with Gasteiger partial charge in [-0.15, -0.1) is 0 Å². The van der Waals surface area contributed by atoms with E-state index in [1.165, 1.54) is 19.1 Å². The fourth-order valence-electron chi connectivity index (χ4n) is 9.80. The Morgan fingerprint density at radius 3 is 1.56 bits per heavy atom. The van der Waals surface area contributed by atoms with Crippen LogP contribution in [0.4, 0.5) is 0 Å². The highest BCUT2D eigenvalue weighted by Crippen LogP contribution is 2.25. The van der Waals surface area contributed by atoms with E-state index in [-0.39, 0.29) is 62.3 Å². The number of amides is 8. The van der Waals surface area contributed by atoms with Crippen molar-refractivity contribution in [2.24, 2.45) is 11.5 Å². The first-order valence-electron chi connectivity index (χ1n) is 28.8. The molecule has 0 spiro atoms. The predicted molar refractivity (Wildman–Crippen MR) is 335 cm³/mol. The number of aromatic amines is 1. The third kappa shape index (κ3) is 20.2. The molecule has 25 heteroatoms. The number of nitrogens with one attached hydrogen (secondary N) is 9. The molecule has 1 saturated heterocycles. The van der Waals surface area contributed by atoms with Gasteiger partial charge in [-0.2, -0.15) is 0 Å². The molecule has 1 fully saturated rings. The lowest BCUT2D eigenvalue weighted by Gasteiger charge is -2.29. The summed E-state index contributed by atoms with van der Waals surface area (Å²) in [7, 11) is 1.89. The van der Waals surface area contributed by atoms with Crippen LogP contribution in [0, 0.1) is 0 Å². The minimum atomic E-state index is -1.74. The highest BCUT2D eigenvalue weighted by molar-refractivity contribution is 8.76. The van der Waals surface area contributed by atoms with Gasteiger partial charge in [-0.1, -0.05) is 143 Å². The SMILES string of the molecule is C[C@@H](O)[C@@H]1NC(=O)[C@H](CCCCN)NC(=O)[C@H](Cc2c[nH]c3ccccc23)NC(=O)[C@H](Cc2ccccc2)NC(=O)[C@H](Cc2ccccc2)NC(=O)[C@@H](NC(=O)[C@@H](N)Cc2ccc(O)cc2)CSSC[C@@H](C(=O)O)NC(=O)[C@H](Cc2ccccc2)NC1=O. The van der Waals surface area contributed by atoms with E-state index in [1.54, 1.807) is 115 Å². The second kappa shape index (κ2) is 33.4. The van der Waals surface area contributed by atoms with E-state index in [9.17, 15) is 44.1 Å². The van der Waals surface area contributed by atoms with Crippen LogP contribution in [0.2, 0.25) is 0 Å². The van der Waals surface area contributed by atoms with Crippen molar-refractivity contribution in [2.45, 2.75) is 119 Å². The average molecular weight is 1240 g/mol. The van der Waals surface area contributed by atoms with Crippen molar-refractivity contribution in [3.05, 3.63) is 174 Å². The average Bonchev–Trinajstić information content (AvgIpc) is 4.10. The van der Waals surface area contributed by atoms with E-state index < -0.39 is 114 Å². The highest BCUT2D eigenvalue weighted by Gasteiger charge is 2.37. The monoisotopic (exact) mass is 1240 g/mol. The molecule has 7 rings (SSSR count). The van der Waals surface area contributed by atoms with Crippen LogP contribution in [0.3, 0.4) is 0 Å². The molecule has 2 heterocycles. The number of hydrogen-bond donors (Lipinski definition) is 14. The molecule has 0 radical (unpaired) electrons. The molecule has 1 aliphatic heterocycles. The Kier molecular flexibility index (Phi) is 25.3. The summed E-state index contributed by atoms with van der Waals surface area (Å²) in [5, 5.41) is 53.8. The summed E-state index contributed by atoms with van der Waals surface area (Å²) in [4.78, 5) is 133. The van der Waals surface area contributed by atoms with Gasteiger partial charge in [0.1, 0.15) is 54.1 Å². The first-order valence-corrected chi connectivity index (χ1v) is 31.3. The zero-order valence-corrected chi connectivity index (χ0v) is 50.0. The Bertz CT molecular complexity index is 3330. The second-order valence-corrected chi connectivity index (χ2v) is 24.0. The third-order valence-corrected chi connectivity index (χ3v) is 17.1. The van der Waals surface area contributed by atoms with Gasteiger partial charge in [0.2, 0.25) is 47.3 Å². The van der Waals surface area contributed by atoms with Crippen LogP contribution < -0.4 is 54.0 Å².